The Kier molecular flexibility index (Phi) is 5.42. The van der Waals surface area contributed by atoms with Crippen molar-refractivity contribution in [1.82, 2.24) is 20.3 Å². The van der Waals surface area contributed by atoms with Crippen LogP contribution in [0.3, 0.4) is 0 Å². The van der Waals surface area contributed by atoms with Crippen molar-refractivity contribution < 1.29 is 0 Å². The van der Waals surface area contributed by atoms with E-state index >= 15 is 0 Å². The van der Waals surface area contributed by atoms with Gasteiger partial charge < -0.3 is 5.32 Å². The number of likely N-dealkylation sites (N-methyl/N-ethyl adjacent to an activating group) is 1. The Morgan fingerprint density at radius 3 is 2.74 bits per heavy atom. The van der Waals surface area contributed by atoms with Gasteiger partial charge in [0.1, 0.15) is 0 Å². The number of hydrogen-bond acceptors (Lipinski definition) is 4. The van der Waals surface area contributed by atoms with Gasteiger partial charge in [0, 0.05) is 36.4 Å². The molecular formula is C14H20N4S. The number of aryl methyl sites for hydroxylation is 1. The lowest BCUT2D eigenvalue weighted by molar-refractivity contribution is 0.566. The molecule has 0 fully saturated rings. The highest BCUT2D eigenvalue weighted by Crippen LogP contribution is 2.18. The quantitative estimate of drug-likeness (QED) is 0.787. The minimum absolute atomic E-state index is 0.423. The first-order valence-corrected chi connectivity index (χ1v) is 7.53. The number of nitrogens with zero attached hydrogens (tertiary/aromatic N) is 3. The molecule has 1 heterocycles. The molecule has 0 aliphatic rings. The molecule has 0 aliphatic heterocycles. The molecule has 2 rings (SSSR count). The van der Waals surface area contributed by atoms with Crippen LogP contribution in [0.1, 0.15) is 12.6 Å². The SMILES string of the molecule is CCNC(CSc1ccccc1)Cc1cn(C)nn1. The molecule has 1 N–H and O–H groups in total. The molecule has 0 amide bonds. The molecule has 0 saturated heterocycles. The maximum Gasteiger partial charge on any atom is 0.0842 e. The van der Waals surface area contributed by atoms with Crippen molar-refractivity contribution >= 4 is 11.8 Å². The standard InChI is InChI=1S/C14H20N4S/c1-3-15-13(9-12-10-18(2)17-16-12)11-19-14-7-5-4-6-8-14/h4-8,10,13,15H,3,9,11H2,1-2H3. The summed E-state index contributed by atoms with van der Waals surface area (Å²) < 4.78 is 1.75. The Morgan fingerprint density at radius 2 is 2.11 bits per heavy atom. The van der Waals surface area contributed by atoms with Gasteiger partial charge in [-0.2, -0.15) is 0 Å². The summed E-state index contributed by atoms with van der Waals surface area (Å²) in [6, 6.07) is 10.9. The molecule has 0 saturated carbocycles. The third-order valence-corrected chi connectivity index (χ3v) is 3.97. The van der Waals surface area contributed by atoms with E-state index in [1.165, 1.54) is 4.90 Å². The van der Waals surface area contributed by atoms with Crippen LogP contribution in [0.25, 0.3) is 0 Å². The average Bonchev–Trinajstić information content (AvgIpc) is 2.83. The van der Waals surface area contributed by atoms with Crippen LogP contribution < -0.4 is 5.32 Å². The monoisotopic (exact) mass is 276 g/mol. The van der Waals surface area contributed by atoms with E-state index in [0.717, 1.165) is 24.4 Å². The van der Waals surface area contributed by atoms with E-state index in [0.29, 0.717) is 6.04 Å². The second-order valence-electron chi connectivity index (χ2n) is 4.47. The van der Waals surface area contributed by atoms with Crippen LogP contribution in [-0.2, 0) is 13.5 Å². The predicted octanol–water partition coefficient (Wildman–Crippen LogP) is 2.13. The number of rotatable bonds is 7. The normalized spacial score (nSPS) is 12.5. The molecule has 102 valence electrons. The Labute approximate surface area is 118 Å². The maximum absolute atomic E-state index is 4.16. The summed E-state index contributed by atoms with van der Waals surface area (Å²) in [5.41, 5.74) is 1.04. The van der Waals surface area contributed by atoms with Gasteiger partial charge in [0.05, 0.1) is 5.69 Å². The molecule has 1 unspecified atom stereocenters. The fraction of sp³-hybridized carbons (Fsp3) is 0.429. The highest BCUT2D eigenvalue weighted by Gasteiger charge is 2.11. The van der Waals surface area contributed by atoms with Gasteiger partial charge in [-0.05, 0) is 18.7 Å². The summed E-state index contributed by atoms with van der Waals surface area (Å²) >= 11 is 1.88. The molecule has 1 aromatic carbocycles. The summed E-state index contributed by atoms with van der Waals surface area (Å²) in [6.07, 6.45) is 2.90. The Bertz CT molecular complexity index is 483. The van der Waals surface area contributed by atoms with Gasteiger partial charge in [-0.25, -0.2) is 0 Å². The zero-order valence-corrected chi connectivity index (χ0v) is 12.2. The van der Waals surface area contributed by atoms with Gasteiger partial charge in [-0.3, -0.25) is 4.68 Å². The Morgan fingerprint density at radius 1 is 1.32 bits per heavy atom. The van der Waals surface area contributed by atoms with Gasteiger partial charge in [0.25, 0.3) is 0 Å². The van der Waals surface area contributed by atoms with E-state index in [2.05, 4.69) is 46.8 Å². The number of thioether (sulfide) groups is 1. The first-order chi connectivity index (χ1) is 9.28. The third kappa shape index (κ3) is 4.69. The number of aromatic nitrogens is 3. The van der Waals surface area contributed by atoms with Crippen molar-refractivity contribution in [3.8, 4) is 0 Å². The molecular weight excluding hydrogens is 256 g/mol. The van der Waals surface area contributed by atoms with E-state index in [9.17, 15) is 0 Å². The molecule has 2 aromatic rings. The second-order valence-corrected chi connectivity index (χ2v) is 5.56. The van der Waals surface area contributed by atoms with Gasteiger partial charge in [-0.15, -0.1) is 16.9 Å². The lowest BCUT2D eigenvalue weighted by atomic mass is 10.2. The topological polar surface area (TPSA) is 42.7 Å². The van der Waals surface area contributed by atoms with Crippen LogP contribution in [0, 0.1) is 0 Å². The fourth-order valence-electron chi connectivity index (χ4n) is 1.93. The minimum Gasteiger partial charge on any atom is -0.313 e. The molecule has 0 spiro atoms. The van der Waals surface area contributed by atoms with Crippen LogP contribution in [0.5, 0.6) is 0 Å². The molecule has 0 bridgehead atoms. The van der Waals surface area contributed by atoms with Crippen LogP contribution in [-0.4, -0.2) is 33.3 Å². The van der Waals surface area contributed by atoms with Crippen LogP contribution >= 0.6 is 11.8 Å². The van der Waals surface area contributed by atoms with E-state index in [-0.39, 0.29) is 0 Å². The van der Waals surface area contributed by atoms with Gasteiger partial charge >= 0.3 is 0 Å². The zero-order chi connectivity index (χ0) is 13.5. The van der Waals surface area contributed by atoms with Gasteiger partial charge in [0.2, 0.25) is 0 Å². The molecule has 0 radical (unpaired) electrons. The molecule has 4 nitrogen and oxygen atoms in total. The molecule has 19 heavy (non-hydrogen) atoms. The molecule has 5 heteroatoms. The van der Waals surface area contributed by atoms with Crippen molar-refractivity contribution in [3.05, 3.63) is 42.2 Å². The van der Waals surface area contributed by atoms with E-state index in [1.54, 1.807) is 4.68 Å². The number of hydrogen-bond donors (Lipinski definition) is 1. The number of benzene rings is 1. The van der Waals surface area contributed by atoms with Gasteiger partial charge in [-0.1, -0.05) is 30.3 Å². The Hall–Kier alpha value is -1.33. The zero-order valence-electron chi connectivity index (χ0n) is 11.4. The number of nitrogens with one attached hydrogen (secondary N) is 1. The molecule has 1 atom stereocenters. The molecule has 1 aromatic heterocycles. The van der Waals surface area contributed by atoms with Crippen molar-refractivity contribution in [2.75, 3.05) is 12.3 Å². The predicted molar refractivity (Wildman–Crippen MR) is 79.3 cm³/mol. The van der Waals surface area contributed by atoms with E-state index in [1.807, 2.05) is 31.1 Å². The van der Waals surface area contributed by atoms with Crippen molar-refractivity contribution in [3.63, 3.8) is 0 Å². The summed E-state index contributed by atoms with van der Waals surface area (Å²) in [5, 5.41) is 11.6. The minimum atomic E-state index is 0.423. The summed E-state index contributed by atoms with van der Waals surface area (Å²) in [4.78, 5) is 1.31. The van der Waals surface area contributed by atoms with Crippen LogP contribution in [0.4, 0.5) is 0 Å². The highest BCUT2D eigenvalue weighted by molar-refractivity contribution is 7.99. The third-order valence-electron chi connectivity index (χ3n) is 2.79. The smallest absolute Gasteiger partial charge is 0.0842 e. The summed E-state index contributed by atoms with van der Waals surface area (Å²) in [6.45, 7) is 3.11. The largest absolute Gasteiger partial charge is 0.313 e. The van der Waals surface area contributed by atoms with Crippen molar-refractivity contribution in [2.24, 2.45) is 7.05 Å². The van der Waals surface area contributed by atoms with Crippen molar-refractivity contribution in [1.29, 1.82) is 0 Å². The fourth-order valence-corrected chi connectivity index (χ4v) is 2.91. The first-order valence-electron chi connectivity index (χ1n) is 6.54. The summed E-state index contributed by atoms with van der Waals surface area (Å²) in [7, 11) is 1.90. The van der Waals surface area contributed by atoms with Crippen LogP contribution in [0.2, 0.25) is 0 Å². The van der Waals surface area contributed by atoms with E-state index in [4.69, 9.17) is 0 Å². The lowest BCUT2D eigenvalue weighted by Gasteiger charge is -2.16. The molecule has 0 aliphatic carbocycles. The second kappa shape index (κ2) is 7.31. The average molecular weight is 276 g/mol. The van der Waals surface area contributed by atoms with Crippen LogP contribution in [0.15, 0.2) is 41.4 Å². The lowest BCUT2D eigenvalue weighted by Crippen LogP contribution is -2.33. The highest BCUT2D eigenvalue weighted by atomic mass is 32.2. The van der Waals surface area contributed by atoms with E-state index < -0.39 is 0 Å². The van der Waals surface area contributed by atoms with Crippen molar-refractivity contribution in [2.45, 2.75) is 24.3 Å². The maximum atomic E-state index is 4.16. The first kappa shape index (κ1) is 14.1. The summed E-state index contributed by atoms with van der Waals surface area (Å²) in [5.74, 6) is 1.04. The Balaban J connectivity index is 1.89. The van der Waals surface area contributed by atoms with Gasteiger partial charge in [0.15, 0.2) is 0 Å².